The van der Waals surface area contributed by atoms with Gasteiger partial charge in [0, 0.05) is 58.2 Å². The Balaban J connectivity index is 0.947. The second-order valence-electron chi connectivity index (χ2n) is 19.3. The molecule has 5 aromatic rings. The number of hydrogen-bond donors (Lipinski definition) is 1. The van der Waals surface area contributed by atoms with E-state index in [9.17, 15) is 36.0 Å². The minimum absolute atomic E-state index is 0.000757. The molecule has 0 bridgehead atoms. The first-order valence-corrected chi connectivity index (χ1v) is 30.7. The van der Waals surface area contributed by atoms with Crippen LogP contribution >= 0.6 is 21.6 Å². The molecular weight excluding hydrogens is 1050 g/mol. The molecule has 4 heterocycles. The number of rotatable bonds is 22. The van der Waals surface area contributed by atoms with Gasteiger partial charge in [-0.15, -0.1) is 0 Å². The van der Waals surface area contributed by atoms with Gasteiger partial charge in [0.05, 0.1) is 21.3 Å². The standard InChI is InChI=1S/C56H61N3O13S4/c1-6-48(60)52(75(64,65)69-4)19-21-73-74-22-20-53(76(66,67)70-5)54(61)57-41-25-35(32-71-49-29-37-15-17-42-27-39-11-7-9-13-46(39)58(42)55(62)44(37)23-34(49)2)24-36(26-41)33-72-51-30-38-16-18-43-28-40-12-8-10-14-47(40)59(43)56(63)45(38)31-50(51)68-3/h7-14,23-26,29-31,42-43,52-53H,6,15-22,27-28,32-33H2,1-5H3,(H,57,61)/t42-,43-,52?,53?/m1/s1. The Morgan fingerprint density at radius 3 is 1.68 bits per heavy atom. The highest BCUT2D eigenvalue weighted by Crippen LogP contribution is 2.42. The number of Topliss-reactive ketones (excluding diaryl/α,β-unsaturated/α-hetero) is 1. The summed E-state index contributed by atoms with van der Waals surface area (Å²) in [5.41, 5.74) is 9.35. The number of carbonyl (C=O) groups is 4. The number of benzene rings is 5. The maximum atomic E-state index is 14.2. The number of aryl methyl sites for hydroxylation is 3. The number of hydrogen-bond acceptors (Lipinski definition) is 15. The molecule has 76 heavy (non-hydrogen) atoms. The van der Waals surface area contributed by atoms with Crippen molar-refractivity contribution in [3.8, 4) is 17.2 Å². The van der Waals surface area contributed by atoms with Crippen LogP contribution in [0.2, 0.25) is 0 Å². The molecule has 9 rings (SSSR count). The second-order valence-corrected chi connectivity index (χ2v) is 25.8. The first-order chi connectivity index (χ1) is 36.5. The van der Waals surface area contributed by atoms with Gasteiger partial charge >= 0.3 is 0 Å². The van der Waals surface area contributed by atoms with Crippen molar-refractivity contribution >= 4 is 82.4 Å². The lowest BCUT2D eigenvalue weighted by atomic mass is 9.98. The Hall–Kier alpha value is -5.90. The van der Waals surface area contributed by atoms with Crippen molar-refractivity contribution in [1.29, 1.82) is 0 Å². The summed E-state index contributed by atoms with van der Waals surface area (Å²) >= 11 is 0. The monoisotopic (exact) mass is 1110 g/mol. The van der Waals surface area contributed by atoms with Crippen LogP contribution in [0.15, 0.2) is 91.0 Å². The highest BCUT2D eigenvalue weighted by atomic mass is 33.1. The molecule has 4 aliphatic rings. The zero-order chi connectivity index (χ0) is 53.9. The van der Waals surface area contributed by atoms with Crippen molar-refractivity contribution < 1.29 is 58.6 Å². The van der Waals surface area contributed by atoms with Crippen molar-refractivity contribution in [2.24, 2.45) is 0 Å². The van der Waals surface area contributed by atoms with Gasteiger partial charge in [-0.25, -0.2) is 0 Å². The summed E-state index contributed by atoms with van der Waals surface area (Å²) in [5, 5.41) is -0.136. The average Bonchev–Trinajstić information content (AvgIpc) is 3.98. The van der Waals surface area contributed by atoms with Gasteiger partial charge in [-0.2, -0.15) is 16.8 Å². The molecule has 4 atom stereocenters. The molecule has 0 aromatic heterocycles. The molecule has 0 spiro atoms. The lowest BCUT2D eigenvalue weighted by Crippen LogP contribution is -2.36. The van der Waals surface area contributed by atoms with Gasteiger partial charge in [-0.3, -0.25) is 27.5 Å². The van der Waals surface area contributed by atoms with E-state index in [0.29, 0.717) is 52.3 Å². The summed E-state index contributed by atoms with van der Waals surface area (Å²) in [6, 6.07) is 28.8. The molecule has 0 saturated carbocycles. The number of carbonyl (C=O) groups excluding carboxylic acids is 4. The van der Waals surface area contributed by atoms with Crippen LogP contribution in [0.3, 0.4) is 0 Å². The molecule has 402 valence electrons. The van der Waals surface area contributed by atoms with Crippen LogP contribution < -0.4 is 29.3 Å². The van der Waals surface area contributed by atoms with Gasteiger partial charge in [-0.1, -0.05) is 64.9 Å². The van der Waals surface area contributed by atoms with Crippen molar-refractivity contribution in [1.82, 2.24) is 0 Å². The number of ketones is 1. The summed E-state index contributed by atoms with van der Waals surface area (Å²) < 4.78 is 79.7. The van der Waals surface area contributed by atoms with E-state index in [1.165, 1.54) is 34.3 Å². The van der Waals surface area contributed by atoms with E-state index < -0.39 is 42.4 Å². The fourth-order valence-corrected chi connectivity index (χ4v) is 15.3. The molecule has 1 N–H and O–H groups in total. The van der Waals surface area contributed by atoms with Crippen molar-refractivity contribution in [3.63, 3.8) is 0 Å². The maximum absolute atomic E-state index is 14.2. The first-order valence-electron chi connectivity index (χ1n) is 25.3. The molecule has 0 saturated heterocycles. The summed E-state index contributed by atoms with van der Waals surface area (Å²) in [4.78, 5) is 58.6. The van der Waals surface area contributed by atoms with Gasteiger partial charge in [-0.05, 0) is 152 Å². The van der Waals surface area contributed by atoms with Gasteiger partial charge < -0.3 is 29.3 Å². The lowest BCUT2D eigenvalue weighted by Gasteiger charge is -2.23. The molecular formula is C56H61N3O13S4. The van der Waals surface area contributed by atoms with E-state index in [2.05, 4.69) is 21.6 Å². The Kier molecular flexibility index (Phi) is 16.9. The Morgan fingerprint density at radius 1 is 0.645 bits per heavy atom. The van der Waals surface area contributed by atoms with Crippen LogP contribution in [0.1, 0.15) is 98.7 Å². The molecule has 2 unspecified atom stereocenters. The third kappa shape index (κ3) is 11.5. The molecule has 0 aliphatic carbocycles. The molecule has 0 radical (unpaired) electrons. The van der Waals surface area contributed by atoms with E-state index >= 15 is 0 Å². The Labute approximate surface area is 452 Å². The number of anilines is 3. The number of methoxy groups -OCH3 is 1. The summed E-state index contributed by atoms with van der Waals surface area (Å²) in [7, 11) is -2.50. The van der Waals surface area contributed by atoms with Gasteiger partial charge in [0.15, 0.2) is 22.5 Å². The molecule has 20 heteroatoms. The van der Waals surface area contributed by atoms with Crippen LogP contribution in [0.4, 0.5) is 17.1 Å². The minimum atomic E-state index is -4.41. The van der Waals surface area contributed by atoms with Crippen LogP contribution in [0.5, 0.6) is 17.2 Å². The topological polar surface area (TPSA) is 201 Å². The highest BCUT2D eigenvalue weighted by molar-refractivity contribution is 8.76. The van der Waals surface area contributed by atoms with Gasteiger partial charge in [0.1, 0.15) is 24.2 Å². The quantitative estimate of drug-likeness (QED) is 0.0391. The fraction of sp³-hybridized carbons (Fsp3) is 0.393. The number of fused-ring (bicyclic) bond motifs is 8. The van der Waals surface area contributed by atoms with Crippen molar-refractivity contribution in [3.05, 3.63) is 141 Å². The minimum Gasteiger partial charge on any atom is -0.493 e. The van der Waals surface area contributed by atoms with Crippen LogP contribution in [-0.4, -0.2) is 95.8 Å². The predicted molar refractivity (Wildman–Crippen MR) is 295 cm³/mol. The molecule has 0 fully saturated rings. The van der Waals surface area contributed by atoms with Crippen molar-refractivity contribution in [2.45, 2.75) is 107 Å². The lowest BCUT2D eigenvalue weighted by molar-refractivity contribution is -0.118. The highest BCUT2D eigenvalue weighted by Gasteiger charge is 2.40. The summed E-state index contributed by atoms with van der Waals surface area (Å²) in [6.07, 6.45) is 4.34. The number of amides is 3. The second kappa shape index (κ2) is 23.4. The van der Waals surface area contributed by atoms with Crippen LogP contribution in [-0.2, 0) is 77.1 Å². The smallest absolute Gasteiger partial charge is 0.279 e. The van der Waals surface area contributed by atoms with E-state index in [-0.39, 0.29) is 73.6 Å². The first kappa shape index (κ1) is 54.9. The van der Waals surface area contributed by atoms with Crippen molar-refractivity contribution in [2.75, 3.05) is 48.0 Å². The Bertz CT molecular complexity index is 3300. The third-order valence-corrected chi connectivity index (χ3v) is 20.3. The molecule has 3 amide bonds. The largest absolute Gasteiger partial charge is 0.493 e. The molecule has 5 aromatic carbocycles. The van der Waals surface area contributed by atoms with E-state index in [1.807, 2.05) is 77.4 Å². The Morgan fingerprint density at radius 2 is 1.14 bits per heavy atom. The van der Waals surface area contributed by atoms with Gasteiger partial charge in [0.25, 0.3) is 32.1 Å². The number of nitrogens with zero attached hydrogens (tertiary/aromatic N) is 2. The SMILES string of the molecule is CCC(=O)C(CCSSCCC(C(=O)Nc1cc(COc2cc3c(cc2C)C(=O)N2c4ccccc4C[C@H]2CC3)cc(COc2cc3c(cc2OC)C(=O)N2c4ccccc4C[C@H]2CC3)c1)S(=O)(=O)OC)S(=O)(=O)OC. The van der Waals surface area contributed by atoms with E-state index in [4.69, 9.17) is 18.4 Å². The van der Waals surface area contributed by atoms with Crippen LogP contribution in [0.25, 0.3) is 0 Å². The molecule has 16 nitrogen and oxygen atoms in total. The number of ether oxygens (including phenoxy) is 3. The average molecular weight is 1110 g/mol. The zero-order valence-electron chi connectivity index (χ0n) is 43.0. The van der Waals surface area contributed by atoms with Crippen LogP contribution in [0, 0.1) is 6.92 Å². The fourth-order valence-electron chi connectivity index (χ4n) is 10.7. The normalized spacial score (nSPS) is 17.5. The molecule has 4 aliphatic heterocycles. The summed E-state index contributed by atoms with van der Waals surface area (Å²) in [6.45, 7) is 3.48. The number of nitrogens with one attached hydrogen (secondary N) is 1. The predicted octanol–water partition coefficient (Wildman–Crippen LogP) is 8.97. The third-order valence-electron chi connectivity index (χ3n) is 14.6. The summed E-state index contributed by atoms with van der Waals surface area (Å²) in [5.74, 6) is 0.349. The zero-order valence-corrected chi connectivity index (χ0v) is 46.3. The van der Waals surface area contributed by atoms with Gasteiger partial charge in [0.2, 0.25) is 5.91 Å². The van der Waals surface area contributed by atoms with E-state index in [0.717, 1.165) is 73.5 Å². The van der Waals surface area contributed by atoms with E-state index in [1.54, 1.807) is 25.1 Å². The number of para-hydroxylation sites is 2. The maximum Gasteiger partial charge on any atom is 0.279 e.